The number of hydrogen-bond acceptors (Lipinski definition) is 20. The topological polar surface area (TPSA) is 310 Å². The summed E-state index contributed by atoms with van der Waals surface area (Å²) >= 11 is 0. The van der Waals surface area contributed by atoms with Gasteiger partial charge in [0.2, 0.25) is 0 Å². The molecule has 0 aromatic carbocycles. The molecule has 0 aliphatic carbocycles. The van der Waals surface area contributed by atoms with Crippen LogP contribution < -0.4 is 10.6 Å². The molecule has 12 atom stereocenters. The van der Waals surface area contributed by atoms with Gasteiger partial charge in [0.1, 0.15) is 85.3 Å². The maximum Gasteiger partial charge on any atom is 0.408 e. The lowest BCUT2D eigenvalue weighted by Gasteiger charge is -2.38. The van der Waals surface area contributed by atoms with Crippen molar-refractivity contribution < 1.29 is 88.5 Å². The second-order valence-electron chi connectivity index (χ2n) is 13.3. The molecule has 0 radical (unpaired) electrons. The number of carbonyl (C=O) groups excluding carboxylic acids is 4. The van der Waals surface area contributed by atoms with Crippen LogP contribution in [0.1, 0.15) is 41.5 Å². The van der Waals surface area contributed by atoms with E-state index in [1.807, 2.05) is 0 Å². The molecule has 0 bridgehead atoms. The van der Waals surface area contributed by atoms with Crippen molar-refractivity contribution in [1.29, 1.82) is 0 Å². The third-order valence-corrected chi connectivity index (χ3v) is 9.08. The highest BCUT2D eigenvalue weighted by molar-refractivity contribution is 8.76. The van der Waals surface area contributed by atoms with Crippen molar-refractivity contribution in [3.8, 4) is 0 Å². The van der Waals surface area contributed by atoms with E-state index in [1.165, 1.54) is 0 Å². The molecule has 2 fully saturated rings. The van der Waals surface area contributed by atoms with Gasteiger partial charge in [-0.05, 0) is 41.5 Å². The summed E-state index contributed by atoms with van der Waals surface area (Å²) in [6.07, 6.45) is -19.3. The van der Waals surface area contributed by atoms with Gasteiger partial charge in [-0.3, -0.25) is 0 Å². The van der Waals surface area contributed by atoms with Gasteiger partial charge in [0, 0.05) is 11.5 Å². The summed E-state index contributed by atoms with van der Waals surface area (Å²) in [6, 6.07) is -2.79. The molecule has 0 aromatic rings. The number of hydrogen-bond donors (Lipinski definition) is 10. The number of nitrogens with one attached hydrogen (secondary N) is 2. The molecule has 0 aromatic heterocycles. The molecule has 6 unspecified atom stereocenters. The Labute approximate surface area is 295 Å². The van der Waals surface area contributed by atoms with Crippen LogP contribution in [0.15, 0.2) is 0 Å². The number of amides is 2. The largest absolute Gasteiger partial charge is 0.461 e. The van der Waals surface area contributed by atoms with Crippen LogP contribution in [0.3, 0.4) is 0 Å². The number of aliphatic hydroxyl groups excluding tert-OH is 8. The fourth-order valence-corrected chi connectivity index (χ4v) is 6.43. The number of ether oxygens (including phenoxy) is 6. The Morgan fingerprint density at radius 3 is 1.20 bits per heavy atom. The van der Waals surface area contributed by atoms with Crippen LogP contribution in [0.25, 0.3) is 0 Å². The standard InChI is InChI=1S/C28H48N2O18S2/c1-27(2,3)47-25(41)29-11(21(37)43-7-13-15(31)17(33)19(35)23(39)45-13)9-49-50-10-12(30-26(42)48-28(4,5)6)22(38)44-8-14-16(32)18(34)20(36)24(40)46-14/h11-20,23-24,31-36,39-40H,7-10H2,1-6H3,(H,29,41)(H,30,42)/t11-,12-,13?,14?,15+,16+,17?,18?,19?,20?,23+,24+/m1/s1. The highest BCUT2D eigenvalue weighted by atomic mass is 33.1. The molecule has 22 heteroatoms. The van der Waals surface area contributed by atoms with Crippen molar-refractivity contribution in [2.24, 2.45) is 0 Å². The van der Waals surface area contributed by atoms with Crippen molar-refractivity contribution in [1.82, 2.24) is 10.6 Å². The third kappa shape index (κ3) is 14.1. The molecule has 20 nitrogen and oxygen atoms in total. The van der Waals surface area contributed by atoms with Gasteiger partial charge in [-0.15, -0.1) is 0 Å². The van der Waals surface area contributed by atoms with Crippen molar-refractivity contribution in [2.45, 2.75) is 126 Å². The molecule has 290 valence electrons. The van der Waals surface area contributed by atoms with Gasteiger partial charge in [-0.1, -0.05) is 21.6 Å². The normalized spacial score (nSPS) is 31.5. The first-order valence-corrected chi connectivity index (χ1v) is 17.8. The molecule has 0 saturated carbocycles. The summed E-state index contributed by atoms with van der Waals surface area (Å²) in [5.41, 5.74) is -1.88. The van der Waals surface area contributed by atoms with Gasteiger partial charge in [-0.25, -0.2) is 19.2 Å². The molecule has 0 spiro atoms. The fourth-order valence-electron chi connectivity index (χ4n) is 4.14. The van der Waals surface area contributed by atoms with Crippen molar-refractivity contribution in [2.75, 3.05) is 24.7 Å². The molecule has 2 amide bonds. The first-order valence-electron chi connectivity index (χ1n) is 15.3. The Morgan fingerprint density at radius 2 is 0.900 bits per heavy atom. The van der Waals surface area contributed by atoms with Gasteiger partial charge in [-0.2, -0.15) is 0 Å². The zero-order chi connectivity index (χ0) is 38.1. The van der Waals surface area contributed by atoms with Crippen LogP contribution in [0.4, 0.5) is 9.59 Å². The molecule has 2 saturated heterocycles. The van der Waals surface area contributed by atoms with Crippen molar-refractivity contribution in [3.05, 3.63) is 0 Å². The monoisotopic (exact) mass is 764 g/mol. The van der Waals surface area contributed by atoms with Crippen LogP contribution in [-0.2, 0) is 38.0 Å². The van der Waals surface area contributed by atoms with Gasteiger partial charge in [0.05, 0.1) is 0 Å². The van der Waals surface area contributed by atoms with Crippen LogP contribution in [0.5, 0.6) is 0 Å². The maximum atomic E-state index is 13.0. The lowest BCUT2D eigenvalue weighted by atomic mass is 9.99. The number of carbonyl (C=O) groups is 4. The highest BCUT2D eigenvalue weighted by Crippen LogP contribution is 2.26. The van der Waals surface area contributed by atoms with E-state index in [2.05, 4.69) is 10.6 Å². The third-order valence-electron chi connectivity index (χ3n) is 6.66. The Bertz CT molecular complexity index is 1050. The second-order valence-corrected chi connectivity index (χ2v) is 15.9. The zero-order valence-electron chi connectivity index (χ0n) is 28.2. The van der Waals surface area contributed by atoms with E-state index in [4.69, 9.17) is 28.4 Å². The minimum atomic E-state index is -1.87. The average Bonchev–Trinajstić information content (AvgIpc) is 2.99. The van der Waals surface area contributed by atoms with E-state index in [0.717, 1.165) is 21.6 Å². The molecule has 2 aliphatic rings. The minimum absolute atomic E-state index is 0.213. The van der Waals surface area contributed by atoms with Gasteiger partial charge >= 0.3 is 24.1 Å². The Kier molecular flexibility index (Phi) is 16.7. The molecule has 2 heterocycles. The predicted molar refractivity (Wildman–Crippen MR) is 171 cm³/mol. The van der Waals surface area contributed by atoms with E-state index in [-0.39, 0.29) is 11.5 Å². The van der Waals surface area contributed by atoms with E-state index >= 15 is 0 Å². The summed E-state index contributed by atoms with van der Waals surface area (Å²) < 4.78 is 30.7. The summed E-state index contributed by atoms with van der Waals surface area (Å²) in [5, 5.41) is 83.5. The van der Waals surface area contributed by atoms with E-state index in [1.54, 1.807) is 41.5 Å². The molecule has 10 N–H and O–H groups in total. The van der Waals surface area contributed by atoms with Crippen LogP contribution >= 0.6 is 21.6 Å². The predicted octanol–water partition coefficient (Wildman–Crippen LogP) is -3.16. The smallest absolute Gasteiger partial charge is 0.408 e. The fraction of sp³-hybridized carbons (Fsp3) is 0.857. The molecule has 2 aliphatic heterocycles. The van der Waals surface area contributed by atoms with Gasteiger partial charge in [0.15, 0.2) is 12.6 Å². The summed E-state index contributed by atoms with van der Waals surface area (Å²) in [6.45, 7) is 8.14. The molecular weight excluding hydrogens is 716 g/mol. The average molecular weight is 765 g/mol. The number of aliphatic hydroxyl groups is 8. The molecular formula is C28H48N2O18S2. The van der Waals surface area contributed by atoms with E-state index in [0.29, 0.717) is 0 Å². The number of rotatable bonds is 13. The van der Waals surface area contributed by atoms with E-state index in [9.17, 15) is 60.0 Å². The minimum Gasteiger partial charge on any atom is -0.461 e. The quantitative estimate of drug-likeness (QED) is 0.0383. The summed E-state index contributed by atoms with van der Waals surface area (Å²) in [5.74, 6) is -2.51. The van der Waals surface area contributed by atoms with E-state index < -0.39 is 122 Å². The maximum absolute atomic E-state index is 13.0. The lowest BCUT2D eigenvalue weighted by molar-refractivity contribution is -0.287. The van der Waals surface area contributed by atoms with Gasteiger partial charge in [0.25, 0.3) is 0 Å². The van der Waals surface area contributed by atoms with Crippen LogP contribution in [0, 0.1) is 0 Å². The van der Waals surface area contributed by atoms with Crippen molar-refractivity contribution in [3.63, 3.8) is 0 Å². The Morgan fingerprint density at radius 1 is 0.580 bits per heavy atom. The van der Waals surface area contributed by atoms with Gasteiger partial charge < -0.3 is 79.9 Å². The van der Waals surface area contributed by atoms with Crippen molar-refractivity contribution >= 4 is 45.7 Å². The summed E-state index contributed by atoms with van der Waals surface area (Å²) in [4.78, 5) is 51.0. The first-order chi connectivity index (χ1) is 23.0. The van der Waals surface area contributed by atoms with Crippen LogP contribution in [-0.4, -0.2) is 174 Å². The summed E-state index contributed by atoms with van der Waals surface area (Å²) in [7, 11) is 1.88. The number of alkyl carbamates (subject to hydrolysis) is 2. The number of esters is 2. The van der Waals surface area contributed by atoms with Crippen LogP contribution in [0.2, 0.25) is 0 Å². The second kappa shape index (κ2) is 19.0. The Hall–Kier alpha value is -2.22. The lowest BCUT2D eigenvalue weighted by Crippen LogP contribution is -2.59. The molecule has 2 rings (SSSR count). The highest BCUT2D eigenvalue weighted by Gasteiger charge is 2.45. The molecule has 50 heavy (non-hydrogen) atoms. The zero-order valence-corrected chi connectivity index (χ0v) is 29.9. The first kappa shape index (κ1) is 43.9. The Balaban J connectivity index is 2.08. The SMILES string of the molecule is CC(C)(C)OC(=O)N[C@H](CSSC[C@@H](NC(=O)OC(C)(C)C)C(=O)OCC1O[C@H](O)C(O)C(O)[C@H]1O)C(=O)OCC1O[C@H](O)C(O)C(O)[C@H]1O.